The second-order valence-electron chi connectivity index (χ2n) is 13.9. The highest BCUT2D eigenvalue weighted by molar-refractivity contribution is 5.92. The summed E-state index contributed by atoms with van der Waals surface area (Å²) in [5.74, 6) is -0.259. The normalized spacial score (nSPS) is 18.5. The number of alkyl carbamates (subject to hydrolysis) is 2. The second-order valence-corrected chi connectivity index (χ2v) is 13.9. The first-order chi connectivity index (χ1) is 24.4. The molecule has 0 bridgehead atoms. The summed E-state index contributed by atoms with van der Waals surface area (Å²) in [5, 5.41) is 8.27. The summed E-state index contributed by atoms with van der Waals surface area (Å²) < 4.78 is 9.43. The first-order valence-electron chi connectivity index (χ1n) is 17.6. The summed E-state index contributed by atoms with van der Waals surface area (Å²) >= 11 is 0. The Labute approximate surface area is 298 Å². The Kier molecular flexibility index (Phi) is 11.8. The average Bonchev–Trinajstić information content (AvgIpc) is 3.90. The number of carbonyl (C=O) groups is 5. The maximum Gasteiger partial charge on any atom is 0.407 e. The molecule has 4 N–H and O–H groups in total. The summed E-state index contributed by atoms with van der Waals surface area (Å²) in [6.07, 6.45) is 1.53. The third-order valence-corrected chi connectivity index (χ3v) is 9.73. The predicted octanol–water partition coefficient (Wildman–Crippen LogP) is 4.26. The van der Waals surface area contributed by atoms with Crippen LogP contribution in [0.25, 0.3) is 22.2 Å². The summed E-state index contributed by atoms with van der Waals surface area (Å²) in [6.45, 7) is 8.78. The van der Waals surface area contributed by atoms with E-state index >= 15 is 0 Å². The molecular formula is C37H49N7O7. The molecule has 2 saturated heterocycles. The van der Waals surface area contributed by atoms with Crippen molar-refractivity contribution in [1.29, 1.82) is 0 Å². The number of likely N-dealkylation sites (tertiary alicyclic amines) is 2. The van der Waals surface area contributed by atoms with E-state index in [4.69, 9.17) is 9.72 Å². The number of methoxy groups -OCH3 is 2. The number of hydrogen-bond donors (Lipinski definition) is 4. The van der Waals surface area contributed by atoms with Crippen LogP contribution < -0.4 is 16.0 Å². The number of ether oxygens (including phenoxy) is 2. The van der Waals surface area contributed by atoms with Gasteiger partial charge in [-0.25, -0.2) is 14.6 Å². The van der Waals surface area contributed by atoms with Crippen molar-refractivity contribution in [3.8, 4) is 11.1 Å². The summed E-state index contributed by atoms with van der Waals surface area (Å²) in [5.41, 5.74) is 4.52. The zero-order chi connectivity index (χ0) is 36.8. The van der Waals surface area contributed by atoms with Gasteiger partial charge in [0.05, 0.1) is 31.3 Å². The van der Waals surface area contributed by atoms with E-state index in [9.17, 15) is 24.0 Å². The van der Waals surface area contributed by atoms with Crippen LogP contribution in [-0.2, 0) is 30.4 Å². The zero-order valence-corrected chi connectivity index (χ0v) is 30.2. The van der Waals surface area contributed by atoms with Crippen LogP contribution in [0.5, 0.6) is 0 Å². The van der Waals surface area contributed by atoms with Gasteiger partial charge in [-0.2, -0.15) is 0 Å². The highest BCUT2D eigenvalue weighted by atomic mass is 16.5. The Morgan fingerprint density at radius 1 is 0.804 bits per heavy atom. The number of fused-ring (bicyclic) bond motifs is 1. The first-order valence-corrected chi connectivity index (χ1v) is 17.6. The molecule has 14 nitrogen and oxygen atoms in total. The SMILES string of the molecule is COC(=O)N[C@H](C(=O)N1CCC[C@H]1C(=O)NCc1ccc(-c2ccc3nc([C@@H]4CCCN4C(=O)[C@@H](NC(=O)OC)C(C)C)[nH]c3c2)cc1)C(C)C. The Balaban J connectivity index is 1.22. The molecule has 274 valence electrons. The van der Waals surface area contributed by atoms with E-state index in [0.717, 1.165) is 40.6 Å². The Bertz CT molecular complexity index is 1740. The molecular weight excluding hydrogens is 654 g/mol. The van der Waals surface area contributed by atoms with Gasteiger partial charge in [0.1, 0.15) is 23.9 Å². The van der Waals surface area contributed by atoms with Gasteiger partial charge in [-0.3, -0.25) is 14.4 Å². The van der Waals surface area contributed by atoms with Crippen molar-refractivity contribution in [2.75, 3.05) is 27.3 Å². The molecule has 0 unspecified atom stereocenters. The summed E-state index contributed by atoms with van der Waals surface area (Å²) in [6, 6.07) is 11.6. The number of nitrogens with zero attached hydrogens (tertiary/aromatic N) is 3. The Morgan fingerprint density at radius 3 is 1.98 bits per heavy atom. The molecule has 14 heteroatoms. The van der Waals surface area contributed by atoms with Crippen molar-refractivity contribution < 1.29 is 33.4 Å². The minimum Gasteiger partial charge on any atom is -0.453 e. The van der Waals surface area contributed by atoms with Crippen LogP contribution in [0.1, 0.15) is 70.8 Å². The highest BCUT2D eigenvalue weighted by Crippen LogP contribution is 2.33. The van der Waals surface area contributed by atoms with Crippen LogP contribution in [0.2, 0.25) is 0 Å². The Hall–Kier alpha value is -5.14. The number of aromatic amines is 1. The van der Waals surface area contributed by atoms with E-state index < -0.39 is 30.3 Å². The van der Waals surface area contributed by atoms with Crippen molar-refractivity contribution in [3.63, 3.8) is 0 Å². The van der Waals surface area contributed by atoms with Gasteiger partial charge in [0, 0.05) is 19.6 Å². The number of imidazole rings is 1. The molecule has 51 heavy (non-hydrogen) atoms. The van der Waals surface area contributed by atoms with E-state index in [-0.39, 0.29) is 35.6 Å². The van der Waals surface area contributed by atoms with Crippen molar-refractivity contribution in [2.24, 2.45) is 11.8 Å². The largest absolute Gasteiger partial charge is 0.453 e. The highest BCUT2D eigenvalue weighted by Gasteiger charge is 2.39. The van der Waals surface area contributed by atoms with Crippen molar-refractivity contribution in [3.05, 3.63) is 53.9 Å². The van der Waals surface area contributed by atoms with Gasteiger partial charge in [-0.1, -0.05) is 58.0 Å². The number of carbonyl (C=O) groups excluding carboxylic acids is 5. The van der Waals surface area contributed by atoms with E-state index in [1.807, 2.05) is 70.2 Å². The molecule has 2 aromatic carbocycles. The molecule has 3 heterocycles. The molecule has 2 fully saturated rings. The minimum absolute atomic E-state index is 0.118. The van der Waals surface area contributed by atoms with Gasteiger partial charge in [0.15, 0.2) is 0 Å². The second kappa shape index (κ2) is 16.3. The molecule has 2 aliphatic heterocycles. The molecule has 3 aromatic rings. The van der Waals surface area contributed by atoms with Crippen LogP contribution in [-0.4, -0.2) is 95.1 Å². The van der Waals surface area contributed by atoms with Crippen LogP contribution in [0, 0.1) is 11.8 Å². The maximum atomic E-state index is 13.5. The zero-order valence-electron chi connectivity index (χ0n) is 30.2. The van der Waals surface area contributed by atoms with E-state index in [2.05, 4.69) is 25.7 Å². The third kappa shape index (κ3) is 8.43. The van der Waals surface area contributed by atoms with E-state index in [1.54, 1.807) is 9.80 Å². The fourth-order valence-corrected chi connectivity index (χ4v) is 6.86. The van der Waals surface area contributed by atoms with Gasteiger partial charge >= 0.3 is 12.2 Å². The molecule has 0 spiro atoms. The number of hydrogen-bond acceptors (Lipinski definition) is 8. The molecule has 2 aliphatic rings. The number of nitrogens with one attached hydrogen (secondary N) is 4. The lowest BCUT2D eigenvalue weighted by Crippen LogP contribution is -2.55. The monoisotopic (exact) mass is 703 g/mol. The molecule has 4 atom stereocenters. The molecule has 1 aromatic heterocycles. The Morgan fingerprint density at radius 2 is 1.37 bits per heavy atom. The van der Waals surface area contributed by atoms with Gasteiger partial charge in [0.2, 0.25) is 17.7 Å². The van der Waals surface area contributed by atoms with Gasteiger partial charge < -0.3 is 40.2 Å². The topological polar surface area (TPSA) is 175 Å². The quantitative estimate of drug-likeness (QED) is 0.229. The van der Waals surface area contributed by atoms with Gasteiger partial charge in [-0.05, 0) is 66.3 Å². The molecule has 0 aliphatic carbocycles. The molecule has 0 radical (unpaired) electrons. The smallest absolute Gasteiger partial charge is 0.407 e. The summed E-state index contributed by atoms with van der Waals surface area (Å²) in [7, 11) is 2.53. The van der Waals surface area contributed by atoms with Gasteiger partial charge in [-0.15, -0.1) is 0 Å². The first kappa shape index (κ1) is 37.1. The third-order valence-electron chi connectivity index (χ3n) is 9.73. The average molecular weight is 704 g/mol. The fourth-order valence-electron chi connectivity index (χ4n) is 6.86. The number of benzene rings is 2. The molecule has 5 amide bonds. The lowest BCUT2D eigenvalue weighted by atomic mass is 10.0. The number of H-pyrrole nitrogens is 1. The lowest BCUT2D eigenvalue weighted by molar-refractivity contribution is -0.140. The lowest BCUT2D eigenvalue weighted by Gasteiger charge is -2.30. The minimum atomic E-state index is -0.785. The van der Waals surface area contributed by atoms with Crippen LogP contribution in [0.3, 0.4) is 0 Å². The number of aromatic nitrogens is 2. The van der Waals surface area contributed by atoms with E-state index in [1.165, 1.54) is 14.2 Å². The predicted molar refractivity (Wildman–Crippen MR) is 190 cm³/mol. The molecule has 5 rings (SSSR count). The van der Waals surface area contributed by atoms with Gasteiger partial charge in [0.25, 0.3) is 0 Å². The number of amides is 5. The van der Waals surface area contributed by atoms with Crippen molar-refractivity contribution in [2.45, 2.75) is 84.1 Å². The van der Waals surface area contributed by atoms with E-state index in [0.29, 0.717) is 38.3 Å². The fraction of sp³-hybridized carbons (Fsp3) is 0.514. The summed E-state index contributed by atoms with van der Waals surface area (Å²) in [4.78, 5) is 75.5. The van der Waals surface area contributed by atoms with Crippen molar-refractivity contribution >= 4 is 40.9 Å². The van der Waals surface area contributed by atoms with Crippen LogP contribution in [0.15, 0.2) is 42.5 Å². The molecule has 0 saturated carbocycles. The standard InChI is InChI=1S/C37H49N7O7/c1-21(2)30(41-36(48)50-5)34(46)43-17-7-9-28(43)32-39-26-16-15-25(19-27(26)40-32)24-13-11-23(12-14-24)20-38-33(45)29-10-8-18-44(29)35(47)31(22(3)4)42-37(49)51-6/h11-16,19,21-22,28-31H,7-10,17-18,20H2,1-6H3,(H,38,45)(H,39,40)(H,41,48)(H,42,49)/t28-,29-,30-,31-/m0/s1. The van der Waals surface area contributed by atoms with Crippen LogP contribution in [0.4, 0.5) is 9.59 Å². The van der Waals surface area contributed by atoms with Crippen molar-refractivity contribution in [1.82, 2.24) is 35.7 Å². The number of rotatable bonds is 11. The maximum absolute atomic E-state index is 13.5. The van der Waals surface area contributed by atoms with Crippen LogP contribution >= 0.6 is 0 Å².